The van der Waals surface area contributed by atoms with Crippen LogP contribution in [0.4, 0.5) is 18.4 Å². The molecule has 0 unspecified atom stereocenters. The van der Waals surface area contributed by atoms with Gasteiger partial charge in [0.2, 0.25) is 0 Å². The summed E-state index contributed by atoms with van der Waals surface area (Å²) in [6, 6.07) is 7.60. The lowest BCUT2D eigenvalue weighted by Gasteiger charge is -2.33. The fraction of sp³-hybridized carbons (Fsp3) is 0.571. The summed E-state index contributed by atoms with van der Waals surface area (Å²) in [7, 11) is 2.39. The van der Waals surface area contributed by atoms with Gasteiger partial charge in [0.05, 0.1) is 25.0 Å². The van der Waals surface area contributed by atoms with Gasteiger partial charge in [-0.2, -0.15) is 0 Å². The Bertz CT molecular complexity index is 2370. The fourth-order valence-electron chi connectivity index (χ4n) is 9.05. The summed E-state index contributed by atoms with van der Waals surface area (Å²) in [6.07, 6.45) is 7.00. The number of rotatable bonds is 6. The van der Waals surface area contributed by atoms with Crippen LogP contribution < -0.4 is 5.46 Å². The molecule has 2 fully saturated rings. The lowest BCUT2D eigenvalue weighted by molar-refractivity contribution is -0.152. The number of amides is 2. The van der Waals surface area contributed by atoms with E-state index in [1.54, 1.807) is 28.9 Å². The first-order valence-electron chi connectivity index (χ1n) is 26.4. The topological polar surface area (TPSA) is 199 Å². The molecule has 4 aliphatic heterocycles. The fourth-order valence-corrected chi connectivity index (χ4v) is 9.86. The van der Waals surface area contributed by atoms with Crippen LogP contribution in [0.2, 0.25) is 10.0 Å². The number of halogens is 5. The first-order chi connectivity index (χ1) is 36.8. The molecular formula is C56H78BCl2F2IN4O12. The minimum absolute atomic E-state index is 0.0228. The maximum Gasteiger partial charge on any atom is 0.488 e. The van der Waals surface area contributed by atoms with Crippen molar-refractivity contribution < 1.29 is 67.2 Å². The van der Waals surface area contributed by atoms with Crippen LogP contribution in [-0.4, -0.2) is 174 Å². The first kappa shape index (κ1) is 66.4. The monoisotopic (exact) mass is 1240 g/mol. The summed E-state index contributed by atoms with van der Waals surface area (Å²) in [5, 5.41) is 38.3. The third-order valence-corrected chi connectivity index (χ3v) is 15.5. The summed E-state index contributed by atoms with van der Waals surface area (Å²) in [4.78, 5) is 58.3. The quantitative estimate of drug-likeness (QED) is 0.0707. The van der Waals surface area contributed by atoms with Crippen molar-refractivity contribution in [1.82, 2.24) is 19.6 Å². The average Bonchev–Trinajstić information content (AvgIpc) is 3.37. The molecule has 0 aliphatic carbocycles. The summed E-state index contributed by atoms with van der Waals surface area (Å²) >= 11 is 13.6. The molecule has 22 heteroatoms. The van der Waals surface area contributed by atoms with Crippen LogP contribution in [-0.2, 0) is 28.5 Å². The van der Waals surface area contributed by atoms with E-state index < -0.39 is 67.3 Å². The van der Waals surface area contributed by atoms with E-state index in [1.165, 1.54) is 18.2 Å². The van der Waals surface area contributed by atoms with Crippen molar-refractivity contribution in [1.29, 1.82) is 0 Å². The van der Waals surface area contributed by atoms with Crippen molar-refractivity contribution in [2.75, 3.05) is 66.5 Å². The zero-order chi connectivity index (χ0) is 57.8. The number of aliphatic hydroxyl groups excluding tert-OH is 2. The van der Waals surface area contributed by atoms with Crippen LogP contribution >= 0.6 is 45.8 Å². The Hall–Kier alpha value is -4.13. The van der Waals surface area contributed by atoms with Crippen molar-refractivity contribution in [3.8, 4) is 0 Å². The molecule has 78 heavy (non-hydrogen) atoms. The molecule has 16 nitrogen and oxygen atoms in total. The lowest BCUT2D eigenvalue weighted by atomic mass is 9.80. The third-order valence-electron chi connectivity index (χ3n) is 14.0. The van der Waals surface area contributed by atoms with Crippen LogP contribution in [0.25, 0.3) is 6.08 Å². The van der Waals surface area contributed by atoms with Crippen LogP contribution in [0.15, 0.2) is 75.9 Å². The molecule has 4 N–H and O–H groups in total. The zero-order valence-electron chi connectivity index (χ0n) is 45.9. The van der Waals surface area contributed by atoms with Gasteiger partial charge in [-0.25, -0.2) is 18.4 Å². The Morgan fingerprint density at radius 1 is 0.641 bits per heavy atom. The van der Waals surface area contributed by atoms with E-state index in [9.17, 15) is 38.2 Å². The molecule has 0 saturated carbocycles. The highest BCUT2D eigenvalue weighted by atomic mass is 127. The van der Waals surface area contributed by atoms with Crippen LogP contribution in [0.3, 0.4) is 0 Å². The molecule has 0 aromatic heterocycles. The third kappa shape index (κ3) is 22.8. The average molecular weight is 1250 g/mol. The standard InChI is InChI=1S/C28H38ClFN2O5.C22H35IN2O5.C6H5BClFO2/c1-18-5-7-24(33)17-26(34)37-27(20(3)13-21-14-22(29)16-23(30)15-21)19(2)6-8-25(18)36-28(35)32-11-9-31(4)10-12-32;1-15-5-7-18(26)13-20(27)30-21(17(3)14-23)16(2)6-8-19(15)29-22(28)25-11-9-24(4)10-12-25;8-5-1-4(7(10)11)2-6(9)3-5/h6,8,13-16,18-19,24-25,27,33H,5,7,9-12,17H2,1-4H3;6,8,14-16,18-19,21,26H,5,7,9-13H2,1-4H3;1-3,10-11H/b8-6+,20-13+;8-6+,17-14+;/t18-,19-,24+,25-,27-;15-,16-,18+,19-,21-;/m00./s1. The second-order valence-corrected chi connectivity index (χ2v) is 22.4. The van der Waals surface area contributed by atoms with Gasteiger partial charge in [-0.05, 0) is 140 Å². The van der Waals surface area contributed by atoms with Crippen LogP contribution in [0, 0.1) is 35.3 Å². The highest BCUT2D eigenvalue weighted by molar-refractivity contribution is 14.1. The van der Waals surface area contributed by atoms with Gasteiger partial charge in [-0.1, -0.05) is 91.7 Å². The molecule has 432 valence electrons. The number of hydrogen-bond acceptors (Lipinski definition) is 14. The van der Waals surface area contributed by atoms with Gasteiger partial charge >= 0.3 is 31.2 Å². The Morgan fingerprint density at radius 2 is 1.05 bits per heavy atom. The highest BCUT2D eigenvalue weighted by Crippen LogP contribution is 2.28. The van der Waals surface area contributed by atoms with E-state index in [-0.39, 0.29) is 64.2 Å². The van der Waals surface area contributed by atoms with Gasteiger partial charge < -0.3 is 58.8 Å². The SMILES string of the molecule is C/C(=C\I)[C@H]1OC(=O)C[C@H](O)CC[C@H](C)[C@@H](OC(=O)N2CCN(C)CC2)/C=C/[C@@H]1C.C/C(=C\c1cc(F)cc(Cl)c1)[C@H]1OC(=O)C[C@H](O)CC[C@H](C)[C@@H](OC(=O)N2CCN(C)CC2)/C=C/[C@@H]1C.OB(O)c1cc(F)cc(Cl)c1. The first-order valence-corrected chi connectivity index (χ1v) is 28.5. The van der Waals surface area contributed by atoms with Crippen molar-refractivity contribution in [3.63, 3.8) is 0 Å². The normalized spacial score (nSPS) is 28.4. The number of likely N-dealkylation sites (N-methyl/N-ethyl adjacent to an activating group) is 2. The number of carbonyl (C=O) groups is 4. The van der Waals surface area contributed by atoms with Crippen molar-refractivity contribution in [3.05, 3.63) is 103 Å². The molecule has 2 aromatic carbocycles. The number of hydrogen-bond donors (Lipinski definition) is 4. The van der Waals surface area contributed by atoms with E-state index in [0.29, 0.717) is 63.0 Å². The van der Waals surface area contributed by atoms with E-state index in [2.05, 4.69) is 32.4 Å². The Balaban J connectivity index is 0.000000285. The Labute approximate surface area is 482 Å². The summed E-state index contributed by atoms with van der Waals surface area (Å²) in [5.41, 5.74) is 2.23. The smallest absolute Gasteiger partial charge is 0.457 e. The Morgan fingerprint density at radius 3 is 1.45 bits per heavy atom. The van der Waals surface area contributed by atoms with Crippen molar-refractivity contribution >= 4 is 88.6 Å². The number of esters is 2. The lowest BCUT2D eigenvalue weighted by Crippen LogP contribution is -2.48. The second-order valence-electron chi connectivity index (χ2n) is 20.9. The van der Waals surface area contributed by atoms with Crippen molar-refractivity contribution in [2.24, 2.45) is 23.7 Å². The van der Waals surface area contributed by atoms with Gasteiger partial charge in [0.1, 0.15) is 36.1 Å². The number of benzene rings is 2. The molecule has 10 atom stereocenters. The number of cyclic esters (lactones) is 2. The van der Waals surface area contributed by atoms with Crippen molar-refractivity contribution in [2.45, 2.75) is 117 Å². The maximum absolute atomic E-state index is 13.9. The molecule has 4 heterocycles. The molecule has 0 bridgehead atoms. The highest BCUT2D eigenvalue weighted by Gasteiger charge is 2.31. The van der Waals surface area contributed by atoms with Gasteiger partial charge in [0, 0.05) is 74.2 Å². The van der Waals surface area contributed by atoms with Crippen LogP contribution in [0.5, 0.6) is 0 Å². The van der Waals surface area contributed by atoms with Gasteiger partial charge in [0.25, 0.3) is 0 Å². The number of carbonyl (C=O) groups excluding carboxylic acids is 4. The second kappa shape index (κ2) is 33.0. The molecule has 6 rings (SSSR count). The summed E-state index contributed by atoms with van der Waals surface area (Å²) in [5.74, 6) is -2.35. The number of aliphatic hydroxyl groups is 2. The minimum Gasteiger partial charge on any atom is -0.457 e. The largest absolute Gasteiger partial charge is 0.488 e. The molecular weight excluding hydrogens is 1170 g/mol. The molecule has 4 aliphatic rings. The molecule has 2 amide bonds. The summed E-state index contributed by atoms with van der Waals surface area (Å²) < 4.78 is 51.5. The molecule has 0 radical (unpaired) electrons. The predicted octanol–water partition coefficient (Wildman–Crippen LogP) is 8.44. The maximum atomic E-state index is 13.9. The van der Waals surface area contributed by atoms with E-state index in [0.717, 1.165) is 43.9 Å². The van der Waals surface area contributed by atoms with E-state index in [4.69, 9.17) is 52.2 Å². The molecule has 0 spiro atoms. The van der Waals surface area contributed by atoms with Crippen LogP contribution in [0.1, 0.15) is 85.6 Å². The Kier molecular flexibility index (Phi) is 28.1. The minimum atomic E-state index is -1.68. The number of piperazine rings is 2. The van der Waals surface area contributed by atoms with E-state index >= 15 is 0 Å². The van der Waals surface area contributed by atoms with Gasteiger partial charge in [0.15, 0.2) is 0 Å². The van der Waals surface area contributed by atoms with Gasteiger partial charge in [-0.3, -0.25) is 9.59 Å². The molecule has 2 aromatic rings. The zero-order valence-corrected chi connectivity index (χ0v) is 49.6. The summed E-state index contributed by atoms with van der Waals surface area (Å²) in [6.45, 7) is 17.4. The van der Waals surface area contributed by atoms with Gasteiger partial charge in [-0.15, -0.1) is 0 Å². The number of nitrogens with zero attached hydrogens (tertiary/aromatic N) is 4. The molecule has 2 saturated heterocycles. The number of ether oxygens (including phenoxy) is 4. The van der Waals surface area contributed by atoms with E-state index in [1.807, 2.05) is 77.1 Å². The predicted molar refractivity (Wildman–Crippen MR) is 307 cm³/mol.